The van der Waals surface area contributed by atoms with Gasteiger partial charge >= 0.3 is 0 Å². The Morgan fingerprint density at radius 3 is 0.690 bits per heavy atom. The maximum Gasteiger partial charge on any atom is 0.0246 e. The van der Waals surface area contributed by atoms with E-state index < -0.39 is 0 Å². The van der Waals surface area contributed by atoms with Crippen molar-refractivity contribution in [3.63, 3.8) is 0 Å². The van der Waals surface area contributed by atoms with E-state index in [4.69, 9.17) is 0 Å². The molecule has 0 aliphatic carbocycles. The molecule has 3 aromatic carbocycles. The van der Waals surface area contributed by atoms with Gasteiger partial charge in [-0.05, 0) is 263 Å². The van der Waals surface area contributed by atoms with Crippen LogP contribution in [0.25, 0.3) is 10.8 Å². The third-order valence-electron chi connectivity index (χ3n) is 22.7. The molecule has 0 radical (unpaired) electrons. The minimum Gasteiger partial charge on any atom is -0.301 e. The molecule has 10 aliphatic rings. The lowest BCUT2D eigenvalue weighted by molar-refractivity contribution is -0.135. The Morgan fingerprint density at radius 2 is 0.476 bits per heavy atom. The van der Waals surface area contributed by atoms with E-state index in [-0.39, 0.29) is 0 Å². The van der Waals surface area contributed by atoms with Gasteiger partial charge in [-0.1, -0.05) is 36.4 Å². The molecule has 0 N–H and O–H groups in total. The zero-order valence-electron chi connectivity index (χ0n) is 57.8. The number of likely N-dealkylation sites (tertiary alicyclic amines) is 6. The van der Waals surface area contributed by atoms with Gasteiger partial charge in [0.25, 0.3) is 0 Å². The summed E-state index contributed by atoms with van der Waals surface area (Å²) in [6.45, 7) is 71.2. The van der Waals surface area contributed by atoms with Crippen LogP contribution >= 0.6 is 0 Å². The first-order valence-corrected chi connectivity index (χ1v) is 34.8. The maximum atomic E-state index is 2.65. The van der Waals surface area contributed by atoms with Crippen molar-refractivity contribution in [3.8, 4) is 0 Å². The van der Waals surface area contributed by atoms with Gasteiger partial charge in [0.15, 0.2) is 0 Å². The number of hydrogen-bond acceptors (Lipinski definition) is 10. The molecule has 0 aromatic heterocycles. The van der Waals surface area contributed by atoms with Crippen molar-refractivity contribution in [1.82, 2.24) is 49.0 Å². The van der Waals surface area contributed by atoms with Crippen LogP contribution in [-0.2, 0) is 52.4 Å². The molecule has 10 heterocycles. The van der Waals surface area contributed by atoms with Crippen molar-refractivity contribution in [1.29, 1.82) is 0 Å². The summed E-state index contributed by atoms with van der Waals surface area (Å²) < 4.78 is 0. The van der Waals surface area contributed by atoms with Crippen LogP contribution < -0.4 is 0 Å². The van der Waals surface area contributed by atoms with E-state index >= 15 is 0 Å². The van der Waals surface area contributed by atoms with Gasteiger partial charge in [0.1, 0.15) is 0 Å². The predicted molar refractivity (Wildman–Crippen MR) is 358 cm³/mol. The second kappa shape index (κ2) is 27.7. The van der Waals surface area contributed by atoms with Crippen molar-refractivity contribution >= 4 is 10.8 Å². The molecule has 6 saturated heterocycles. The van der Waals surface area contributed by atoms with Gasteiger partial charge < -0.3 is 19.6 Å². The first kappa shape index (κ1) is 66.0. The van der Waals surface area contributed by atoms with Crippen LogP contribution in [0.15, 0.2) is 36.4 Å². The molecular weight excluding hydrogens is 1030 g/mol. The van der Waals surface area contributed by atoms with Gasteiger partial charge in [0.2, 0.25) is 0 Å². The Labute approximate surface area is 516 Å². The lowest BCUT2D eigenvalue weighted by atomic mass is 9.71. The van der Waals surface area contributed by atoms with E-state index in [1.165, 1.54) is 126 Å². The Hall–Kier alpha value is -2.48. The van der Waals surface area contributed by atoms with Crippen LogP contribution in [0.1, 0.15) is 209 Å². The van der Waals surface area contributed by atoms with Crippen molar-refractivity contribution in [2.24, 2.45) is 22.7 Å². The normalized spacial score (nSPS) is 24.8. The number of benzene rings is 3. The number of hydrogen-bond donors (Lipinski definition) is 0. The highest BCUT2D eigenvalue weighted by molar-refractivity contribution is 5.95. The summed E-state index contributed by atoms with van der Waals surface area (Å²) in [6, 6.07) is 21.4. The largest absolute Gasteiger partial charge is 0.301 e. The molecule has 10 heteroatoms. The second-order valence-corrected chi connectivity index (χ2v) is 31.8. The van der Waals surface area contributed by atoms with E-state index in [0.29, 0.717) is 35.0 Å². The Morgan fingerprint density at radius 1 is 0.262 bits per heavy atom. The first-order valence-electron chi connectivity index (χ1n) is 34.8. The van der Waals surface area contributed by atoms with E-state index in [2.05, 4.69) is 224 Å². The van der Waals surface area contributed by atoms with Crippen molar-refractivity contribution in [3.05, 3.63) is 80.9 Å². The highest BCUT2D eigenvalue weighted by atomic mass is 15.3. The summed E-state index contributed by atoms with van der Waals surface area (Å²) in [5.74, 6) is 1.92. The third-order valence-corrected chi connectivity index (χ3v) is 22.7. The first-order chi connectivity index (χ1) is 39.7. The molecule has 472 valence electrons. The topological polar surface area (TPSA) is 32.4 Å². The zero-order chi connectivity index (χ0) is 60.7. The van der Waals surface area contributed by atoms with Crippen LogP contribution in [-0.4, -0.2) is 188 Å². The van der Waals surface area contributed by atoms with Gasteiger partial charge in [0.05, 0.1) is 0 Å². The van der Waals surface area contributed by atoms with Crippen LogP contribution in [0.3, 0.4) is 0 Å². The molecule has 13 rings (SSSR count). The standard InChI is InChI=1S/C20H26N2.C16H24N2.C15H30N2.C12H24N2.C11H22N2/c1-13(2)21-9-15-5-7-17-11-22(14(3)4)12-18-8-6-16(10-21)19(15)20(17)18;1-11(2)17-7-13-5-15-9-18(12(3)4)10-16(15)6-14(13)8-17;1-13(2)16-9-5-15(6-10-16)7-11-17(12-8-15)14(3)4;1-9(2)13-5-11-7-14(10(3)4)8-12(11)6-13;1-9(2)12-5-11(6-12)7-13(8-11)10(3)4/h5-8,13-14H,9-12H2,1-4H3;5-6,11-12H,7-10H2,1-4H3;13-14H,5-12H2,1-4H3;9-12H,5-8H2,1-4H3;9-10H,5-8H2,1-4H3. The van der Waals surface area contributed by atoms with Crippen LogP contribution in [0.5, 0.6) is 0 Å². The minimum absolute atomic E-state index is 0.604. The van der Waals surface area contributed by atoms with Gasteiger partial charge in [-0.2, -0.15) is 0 Å². The summed E-state index contributed by atoms with van der Waals surface area (Å²) in [5.41, 5.74) is 13.7. The lowest BCUT2D eigenvalue weighted by Crippen LogP contribution is -2.73. The maximum absolute atomic E-state index is 2.65. The number of piperidine rings is 2. The number of rotatable bonds is 10. The van der Waals surface area contributed by atoms with Gasteiger partial charge in [0, 0.05) is 171 Å². The highest BCUT2D eigenvalue weighted by Crippen LogP contribution is 2.44. The van der Waals surface area contributed by atoms with Gasteiger partial charge in [-0.3, -0.25) is 29.4 Å². The highest BCUT2D eigenvalue weighted by Gasteiger charge is 2.52. The fourth-order valence-corrected chi connectivity index (χ4v) is 16.1. The molecule has 0 saturated carbocycles. The molecule has 10 aliphatic heterocycles. The molecule has 3 aromatic rings. The van der Waals surface area contributed by atoms with E-state index in [1.54, 1.807) is 33.0 Å². The summed E-state index contributed by atoms with van der Waals surface area (Å²) in [5, 5.41) is 3.13. The van der Waals surface area contributed by atoms with Crippen molar-refractivity contribution < 1.29 is 0 Å². The Bertz CT molecular complexity index is 2310. The smallest absolute Gasteiger partial charge is 0.0246 e. The number of nitrogens with zero attached hydrogens (tertiary/aromatic N) is 10. The minimum atomic E-state index is 0.604. The Kier molecular flexibility index (Phi) is 21.8. The van der Waals surface area contributed by atoms with Gasteiger partial charge in [-0.15, -0.1) is 0 Å². The number of fused-ring (bicyclic) bond motifs is 3. The second-order valence-electron chi connectivity index (χ2n) is 31.8. The molecule has 0 atom stereocenters. The zero-order valence-corrected chi connectivity index (χ0v) is 57.8. The van der Waals surface area contributed by atoms with Gasteiger partial charge in [-0.25, -0.2) is 0 Å². The predicted octanol–water partition coefficient (Wildman–Crippen LogP) is 13.5. The van der Waals surface area contributed by atoms with E-state index in [0.717, 1.165) is 100 Å². The molecular formula is C74H126N10. The monoisotopic (exact) mass is 1160 g/mol. The fraction of sp³-hybridized carbons (Fsp3) is 0.784. The molecule has 84 heavy (non-hydrogen) atoms. The van der Waals surface area contributed by atoms with Crippen LogP contribution in [0.2, 0.25) is 0 Å². The van der Waals surface area contributed by atoms with Crippen molar-refractivity contribution in [2.75, 3.05) is 78.5 Å². The lowest BCUT2D eigenvalue weighted by Gasteiger charge is -2.62. The quantitative estimate of drug-likeness (QED) is 0.196. The van der Waals surface area contributed by atoms with E-state index in [9.17, 15) is 0 Å². The summed E-state index contributed by atoms with van der Waals surface area (Å²) >= 11 is 0. The van der Waals surface area contributed by atoms with Crippen LogP contribution in [0.4, 0.5) is 0 Å². The van der Waals surface area contributed by atoms with E-state index in [1.807, 2.05) is 0 Å². The Balaban J connectivity index is 0.000000128. The summed E-state index contributed by atoms with van der Waals surface area (Å²) in [6.07, 6.45) is 5.77. The molecule has 6 fully saturated rings. The molecule has 0 unspecified atom stereocenters. The summed E-state index contributed by atoms with van der Waals surface area (Å²) in [7, 11) is 0. The van der Waals surface area contributed by atoms with Crippen LogP contribution in [0, 0.1) is 22.7 Å². The van der Waals surface area contributed by atoms with Crippen molar-refractivity contribution in [2.45, 2.75) is 277 Å². The average Bonchev–Trinajstić information content (AvgIpc) is 2.53. The SMILES string of the molecule is CC(C)N1CC2(C1)CN(C(C)C)C2.CC(C)N1CC2CN(C(C)C)CC2C1.CC(C)N1CCC2(CC1)CCN(C(C)C)CC2.CC(C)N1Cc2cc3c(cc2C1)CN(C(C)C)C3.CC(C)N1Cc2ccc3c4c(ccc(c24)C1)CN(C(C)C)C3. The fourth-order valence-electron chi connectivity index (χ4n) is 16.1. The molecule has 0 amide bonds. The average molecular weight is 1160 g/mol. The molecule has 2 spiro atoms. The third kappa shape index (κ3) is 15.2. The summed E-state index contributed by atoms with van der Waals surface area (Å²) in [4.78, 5) is 26.0. The molecule has 10 nitrogen and oxygen atoms in total. The molecule has 0 bridgehead atoms.